The van der Waals surface area contributed by atoms with E-state index in [-0.39, 0.29) is 12.2 Å². The Kier molecular flexibility index (Phi) is 8.37. The molecule has 182 valence electrons. The lowest BCUT2D eigenvalue weighted by Crippen LogP contribution is -2.32. The number of benzene rings is 4. The number of anilines is 1. The third-order valence-electron chi connectivity index (χ3n) is 5.77. The largest absolute Gasteiger partial charge is 0.493 e. The Bertz CT molecular complexity index is 1310. The second kappa shape index (κ2) is 12.0. The topological polar surface area (TPSA) is 75.6 Å². The van der Waals surface area contributed by atoms with Crippen molar-refractivity contribution in [2.45, 2.75) is 18.9 Å². The monoisotopic (exact) mass is 499 g/mol. The van der Waals surface area contributed by atoms with Gasteiger partial charge in [0.2, 0.25) is 0 Å². The van der Waals surface area contributed by atoms with E-state index in [1.54, 1.807) is 48.5 Å². The number of carboxylic acid groups (broad SMARTS) is 1. The van der Waals surface area contributed by atoms with Crippen LogP contribution in [0.5, 0.6) is 5.75 Å². The molecule has 0 radical (unpaired) electrons. The molecule has 0 saturated heterocycles. The van der Waals surface area contributed by atoms with Crippen molar-refractivity contribution in [1.82, 2.24) is 0 Å². The van der Waals surface area contributed by atoms with Gasteiger partial charge in [0.05, 0.1) is 6.61 Å². The smallest absolute Gasteiger partial charge is 0.326 e. The predicted octanol–water partition coefficient (Wildman–Crippen LogP) is 6.30. The molecule has 2 N–H and O–H groups in total. The zero-order valence-electron chi connectivity index (χ0n) is 19.6. The number of hydrogen-bond donors (Lipinski definition) is 2. The normalized spacial score (nSPS) is 11.5. The summed E-state index contributed by atoms with van der Waals surface area (Å²) >= 11 is 5.92. The Morgan fingerprint density at radius 2 is 1.44 bits per heavy atom. The molecule has 4 aromatic carbocycles. The van der Waals surface area contributed by atoms with E-state index >= 15 is 0 Å². The lowest BCUT2D eigenvalue weighted by atomic mass is 10.00. The lowest BCUT2D eigenvalue weighted by Gasteiger charge is -2.18. The molecule has 1 atom stereocenters. The molecule has 0 heterocycles. The van der Waals surface area contributed by atoms with Gasteiger partial charge in [-0.15, -0.1) is 0 Å². The molecule has 0 spiro atoms. The van der Waals surface area contributed by atoms with Gasteiger partial charge in [-0.05, 0) is 47.5 Å². The summed E-state index contributed by atoms with van der Waals surface area (Å²) in [6.45, 7) is 0.520. The highest BCUT2D eigenvalue weighted by Gasteiger charge is 2.21. The number of ether oxygens (including phenoxy) is 1. The van der Waals surface area contributed by atoms with Crippen LogP contribution in [0.15, 0.2) is 103 Å². The number of ketones is 1. The van der Waals surface area contributed by atoms with Crippen LogP contribution in [0.2, 0.25) is 5.02 Å². The fourth-order valence-corrected chi connectivity index (χ4v) is 3.96. The lowest BCUT2D eigenvalue weighted by molar-refractivity contribution is -0.137. The first kappa shape index (κ1) is 25.0. The summed E-state index contributed by atoms with van der Waals surface area (Å²) in [5.41, 5.74) is 3.44. The summed E-state index contributed by atoms with van der Waals surface area (Å²) in [6.07, 6.45) is 0.999. The molecule has 4 rings (SSSR count). The van der Waals surface area contributed by atoms with Gasteiger partial charge < -0.3 is 15.2 Å². The highest BCUT2D eigenvalue weighted by atomic mass is 35.5. The molecule has 0 aliphatic carbocycles. The number of aliphatic carboxylic acids is 1. The van der Waals surface area contributed by atoms with Crippen molar-refractivity contribution < 1.29 is 19.4 Å². The zero-order chi connectivity index (χ0) is 25.3. The Morgan fingerprint density at radius 1 is 0.806 bits per heavy atom. The van der Waals surface area contributed by atoms with Crippen LogP contribution >= 0.6 is 11.6 Å². The maximum Gasteiger partial charge on any atom is 0.326 e. The van der Waals surface area contributed by atoms with E-state index in [0.29, 0.717) is 34.2 Å². The van der Waals surface area contributed by atoms with E-state index in [0.717, 1.165) is 17.5 Å². The summed E-state index contributed by atoms with van der Waals surface area (Å²) in [6, 6.07) is 30.0. The van der Waals surface area contributed by atoms with Gasteiger partial charge in [-0.2, -0.15) is 0 Å². The van der Waals surface area contributed by atoms with Crippen molar-refractivity contribution in [3.63, 3.8) is 0 Å². The van der Waals surface area contributed by atoms with Gasteiger partial charge in [0.15, 0.2) is 5.78 Å². The summed E-state index contributed by atoms with van der Waals surface area (Å²) in [4.78, 5) is 25.0. The Labute approximate surface area is 215 Å². The van der Waals surface area contributed by atoms with Crippen LogP contribution in [-0.4, -0.2) is 29.5 Å². The Morgan fingerprint density at radius 3 is 2.14 bits per heavy atom. The Balaban J connectivity index is 1.39. The number of carbonyl (C=O) groups excluding carboxylic acids is 1. The van der Waals surface area contributed by atoms with E-state index in [1.807, 2.05) is 54.6 Å². The fraction of sp³-hybridized carbons (Fsp3) is 0.133. The first-order valence-electron chi connectivity index (χ1n) is 11.6. The van der Waals surface area contributed by atoms with Crippen molar-refractivity contribution in [2.75, 3.05) is 11.9 Å². The second-order valence-electron chi connectivity index (χ2n) is 8.35. The number of nitrogens with one attached hydrogen (secondary N) is 1. The van der Waals surface area contributed by atoms with Crippen LogP contribution < -0.4 is 10.1 Å². The number of para-hydroxylation sites is 1. The molecule has 0 unspecified atom stereocenters. The molecule has 0 aliphatic heterocycles. The number of halogens is 1. The molecule has 0 saturated carbocycles. The first-order chi connectivity index (χ1) is 17.5. The third-order valence-corrected chi connectivity index (χ3v) is 6.02. The highest BCUT2D eigenvalue weighted by molar-refractivity contribution is 6.30. The number of hydrogen-bond acceptors (Lipinski definition) is 4. The van der Waals surface area contributed by atoms with Crippen molar-refractivity contribution in [3.05, 3.63) is 130 Å². The quantitative estimate of drug-likeness (QED) is 0.237. The standard InChI is InChI=1S/C30H26ClNO4/c31-24-14-10-21(11-15-24)18-19-36-25-16-12-22(13-17-25)20-28(30(34)35)32-27-9-5-4-8-26(27)29(33)23-6-2-1-3-7-23/h1-17,28,32H,18-20H2,(H,34,35)/t28-/m0/s1. The maximum absolute atomic E-state index is 13.0. The van der Waals surface area contributed by atoms with Gasteiger partial charge in [0.25, 0.3) is 0 Å². The van der Waals surface area contributed by atoms with E-state index in [4.69, 9.17) is 16.3 Å². The van der Waals surface area contributed by atoms with E-state index in [9.17, 15) is 14.7 Å². The number of carboxylic acids is 1. The summed E-state index contributed by atoms with van der Waals surface area (Å²) in [7, 11) is 0. The van der Waals surface area contributed by atoms with Crippen LogP contribution in [0, 0.1) is 0 Å². The first-order valence-corrected chi connectivity index (χ1v) is 12.0. The molecule has 5 nitrogen and oxygen atoms in total. The maximum atomic E-state index is 13.0. The van der Waals surface area contributed by atoms with E-state index in [1.165, 1.54) is 0 Å². The summed E-state index contributed by atoms with van der Waals surface area (Å²) in [5.74, 6) is -0.449. The zero-order valence-corrected chi connectivity index (χ0v) is 20.3. The molecule has 6 heteroatoms. The van der Waals surface area contributed by atoms with Crippen molar-refractivity contribution in [3.8, 4) is 5.75 Å². The highest BCUT2D eigenvalue weighted by Crippen LogP contribution is 2.22. The molecule has 0 amide bonds. The van der Waals surface area contributed by atoms with Crippen LogP contribution in [-0.2, 0) is 17.6 Å². The van der Waals surface area contributed by atoms with E-state index in [2.05, 4.69) is 5.32 Å². The van der Waals surface area contributed by atoms with Crippen molar-refractivity contribution in [1.29, 1.82) is 0 Å². The molecule has 0 aromatic heterocycles. The average molecular weight is 500 g/mol. The van der Waals surface area contributed by atoms with Crippen LogP contribution in [0.1, 0.15) is 27.0 Å². The summed E-state index contributed by atoms with van der Waals surface area (Å²) < 4.78 is 5.82. The molecular formula is C30H26ClNO4. The number of carbonyl (C=O) groups is 2. The molecule has 0 aliphatic rings. The molecular weight excluding hydrogens is 474 g/mol. The second-order valence-corrected chi connectivity index (χ2v) is 8.79. The minimum Gasteiger partial charge on any atom is -0.493 e. The molecule has 36 heavy (non-hydrogen) atoms. The van der Waals surface area contributed by atoms with Crippen molar-refractivity contribution >= 4 is 29.0 Å². The fourth-order valence-electron chi connectivity index (χ4n) is 3.84. The van der Waals surface area contributed by atoms with Gasteiger partial charge in [-0.1, -0.05) is 78.3 Å². The van der Waals surface area contributed by atoms with Gasteiger partial charge >= 0.3 is 5.97 Å². The molecule has 0 bridgehead atoms. The van der Waals surface area contributed by atoms with E-state index < -0.39 is 12.0 Å². The van der Waals surface area contributed by atoms with Crippen molar-refractivity contribution in [2.24, 2.45) is 0 Å². The van der Waals surface area contributed by atoms with Gasteiger partial charge in [0.1, 0.15) is 11.8 Å². The third kappa shape index (κ3) is 6.74. The molecule has 0 fully saturated rings. The van der Waals surface area contributed by atoms with Crippen LogP contribution in [0.25, 0.3) is 0 Å². The van der Waals surface area contributed by atoms with Crippen LogP contribution in [0.4, 0.5) is 5.69 Å². The average Bonchev–Trinajstić information content (AvgIpc) is 2.91. The SMILES string of the molecule is O=C(c1ccccc1)c1ccccc1N[C@@H](Cc1ccc(OCCc2ccc(Cl)cc2)cc1)C(=O)O. The minimum atomic E-state index is -1.000. The Hall–Kier alpha value is -4.09. The van der Waals surface area contributed by atoms with Crippen LogP contribution in [0.3, 0.4) is 0 Å². The number of rotatable bonds is 11. The van der Waals surface area contributed by atoms with Gasteiger partial charge in [-0.25, -0.2) is 4.79 Å². The molecule has 4 aromatic rings. The summed E-state index contributed by atoms with van der Waals surface area (Å²) in [5, 5.41) is 13.6. The minimum absolute atomic E-state index is 0.164. The predicted molar refractivity (Wildman–Crippen MR) is 142 cm³/mol. The van der Waals surface area contributed by atoms with Gasteiger partial charge in [0, 0.05) is 34.7 Å². The van der Waals surface area contributed by atoms with Gasteiger partial charge in [-0.3, -0.25) is 4.79 Å².